The van der Waals surface area contributed by atoms with E-state index in [2.05, 4.69) is 22.8 Å². The van der Waals surface area contributed by atoms with Crippen LogP contribution in [0.25, 0.3) is 0 Å². The number of alkyl carbamates (subject to hydrolysis) is 1. The Bertz CT molecular complexity index is 538. The number of amides is 1. The van der Waals surface area contributed by atoms with E-state index in [0.29, 0.717) is 12.6 Å². The van der Waals surface area contributed by atoms with Gasteiger partial charge in [0, 0.05) is 19.1 Å². The molecule has 5 heteroatoms. The molecule has 5 nitrogen and oxygen atoms in total. The molecule has 0 heterocycles. The molecule has 0 radical (unpaired) electrons. The highest BCUT2D eigenvalue weighted by molar-refractivity contribution is 5.67. The smallest absolute Gasteiger partial charge is 0.407 e. The van der Waals surface area contributed by atoms with E-state index in [-0.39, 0.29) is 6.09 Å². The highest BCUT2D eigenvalue weighted by Gasteiger charge is 2.19. The van der Waals surface area contributed by atoms with Crippen LogP contribution in [0, 0.1) is 0 Å². The van der Waals surface area contributed by atoms with Crippen LogP contribution in [0.5, 0.6) is 5.75 Å². The zero-order chi connectivity index (χ0) is 16.9. The third kappa shape index (κ3) is 5.75. The molecule has 1 atom stereocenters. The van der Waals surface area contributed by atoms with Crippen LogP contribution in [0.3, 0.4) is 0 Å². The SMILES string of the molecule is COc1ccc2c(c1)CC(NCCNC(=O)OC(C)(C)C)CC2. The number of ether oxygens (including phenoxy) is 2. The van der Waals surface area contributed by atoms with Gasteiger partial charge in [-0.15, -0.1) is 0 Å². The van der Waals surface area contributed by atoms with Crippen LogP contribution in [-0.4, -0.2) is 37.9 Å². The molecule has 2 rings (SSSR count). The summed E-state index contributed by atoms with van der Waals surface area (Å²) >= 11 is 0. The Morgan fingerprint density at radius 3 is 2.74 bits per heavy atom. The molecule has 1 aliphatic rings. The first-order chi connectivity index (χ1) is 10.9. The quantitative estimate of drug-likeness (QED) is 0.819. The predicted molar refractivity (Wildman–Crippen MR) is 91.0 cm³/mol. The van der Waals surface area contributed by atoms with Gasteiger partial charge in [-0.1, -0.05) is 6.07 Å². The predicted octanol–water partition coefficient (Wildman–Crippen LogP) is 2.67. The number of carbonyl (C=O) groups is 1. The largest absolute Gasteiger partial charge is 0.497 e. The summed E-state index contributed by atoms with van der Waals surface area (Å²) in [6, 6.07) is 6.75. The molecule has 128 valence electrons. The molecule has 1 aromatic carbocycles. The minimum Gasteiger partial charge on any atom is -0.497 e. The van der Waals surface area contributed by atoms with Gasteiger partial charge in [0.25, 0.3) is 0 Å². The second-order valence-corrected chi connectivity index (χ2v) is 6.96. The first-order valence-electron chi connectivity index (χ1n) is 8.23. The fraction of sp³-hybridized carbons (Fsp3) is 0.611. The van der Waals surface area contributed by atoms with Crippen molar-refractivity contribution in [1.29, 1.82) is 0 Å². The standard InChI is InChI=1S/C18H28N2O3/c1-18(2,3)23-17(21)20-10-9-19-15-7-5-13-6-8-16(22-4)12-14(13)11-15/h6,8,12,15,19H,5,7,9-11H2,1-4H3,(H,20,21). The molecule has 1 amide bonds. The molecule has 0 saturated carbocycles. The molecule has 1 aliphatic carbocycles. The summed E-state index contributed by atoms with van der Waals surface area (Å²) in [5.74, 6) is 0.913. The van der Waals surface area contributed by atoms with Crippen molar-refractivity contribution in [3.63, 3.8) is 0 Å². The maximum absolute atomic E-state index is 11.6. The minimum absolute atomic E-state index is 0.363. The molecule has 0 bridgehead atoms. The van der Waals surface area contributed by atoms with Crippen molar-refractivity contribution < 1.29 is 14.3 Å². The van der Waals surface area contributed by atoms with Gasteiger partial charge in [0.15, 0.2) is 0 Å². The van der Waals surface area contributed by atoms with Crippen LogP contribution in [0.15, 0.2) is 18.2 Å². The van der Waals surface area contributed by atoms with Crippen molar-refractivity contribution in [2.75, 3.05) is 20.2 Å². The highest BCUT2D eigenvalue weighted by Crippen LogP contribution is 2.25. The summed E-state index contributed by atoms with van der Waals surface area (Å²) < 4.78 is 10.5. The Balaban J connectivity index is 1.72. The van der Waals surface area contributed by atoms with Gasteiger partial charge in [-0.05, 0) is 63.3 Å². The third-order valence-electron chi connectivity index (χ3n) is 3.87. The topological polar surface area (TPSA) is 59.6 Å². The molecule has 0 saturated heterocycles. The van der Waals surface area contributed by atoms with Gasteiger partial charge in [-0.25, -0.2) is 4.79 Å². The molecule has 2 N–H and O–H groups in total. The Kier molecular flexibility index (Phi) is 5.88. The molecule has 1 aromatic rings. The van der Waals surface area contributed by atoms with Crippen LogP contribution in [0.2, 0.25) is 0 Å². The van der Waals surface area contributed by atoms with E-state index in [1.807, 2.05) is 26.8 Å². The first-order valence-corrected chi connectivity index (χ1v) is 8.23. The van der Waals surface area contributed by atoms with E-state index in [0.717, 1.165) is 31.6 Å². The number of methoxy groups -OCH3 is 1. The van der Waals surface area contributed by atoms with Crippen LogP contribution in [0.1, 0.15) is 38.3 Å². The molecular formula is C18H28N2O3. The zero-order valence-corrected chi connectivity index (χ0v) is 14.6. The van der Waals surface area contributed by atoms with E-state index in [1.54, 1.807) is 7.11 Å². The number of fused-ring (bicyclic) bond motifs is 1. The van der Waals surface area contributed by atoms with Crippen LogP contribution in [-0.2, 0) is 17.6 Å². The van der Waals surface area contributed by atoms with Gasteiger partial charge in [-0.3, -0.25) is 0 Å². The van der Waals surface area contributed by atoms with Gasteiger partial charge in [0.2, 0.25) is 0 Å². The lowest BCUT2D eigenvalue weighted by atomic mass is 9.88. The van der Waals surface area contributed by atoms with E-state index < -0.39 is 5.60 Å². The Morgan fingerprint density at radius 2 is 2.04 bits per heavy atom. The lowest BCUT2D eigenvalue weighted by Crippen LogP contribution is -2.41. The summed E-state index contributed by atoms with van der Waals surface area (Å²) in [5.41, 5.74) is 2.31. The second kappa shape index (κ2) is 7.68. The van der Waals surface area contributed by atoms with Gasteiger partial charge < -0.3 is 20.1 Å². The highest BCUT2D eigenvalue weighted by atomic mass is 16.6. The summed E-state index contributed by atoms with van der Waals surface area (Å²) in [7, 11) is 1.70. The molecule has 0 aliphatic heterocycles. The second-order valence-electron chi connectivity index (χ2n) is 6.96. The molecule has 23 heavy (non-hydrogen) atoms. The fourth-order valence-electron chi connectivity index (χ4n) is 2.79. The van der Waals surface area contributed by atoms with E-state index in [4.69, 9.17) is 9.47 Å². The van der Waals surface area contributed by atoms with Crippen molar-refractivity contribution >= 4 is 6.09 Å². The van der Waals surface area contributed by atoms with Crippen molar-refractivity contribution in [3.05, 3.63) is 29.3 Å². The number of benzene rings is 1. The fourth-order valence-corrected chi connectivity index (χ4v) is 2.79. The summed E-state index contributed by atoms with van der Waals surface area (Å²) in [6.45, 7) is 6.88. The van der Waals surface area contributed by atoms with Gasteiger partial charge in [0.1, 0.15) is 11.4 Å². The van der Waals surface area contributed by atoms with Crippen LogP contribution in [0.4, 0.5) is 4.79 Å². The number of hydrogen-bond acceptors (Lipinski definition) is 4. The van der Waals surface area contributed by atoms with E-state index in [9.17, 15) is 4.79 Å². The number of carbonyl (C=O) groups excluding carboxylic acids is 1. The van der Waals surface area contributed by atoms with Gasteiger partial charge >= 0.3 is 6.09 Å². The van der Waals surface area contributed by atoms with Gasteiger partial charge in [-0.2, -0.15) is 0 Å². The van der Waals surface area contributed by atoms with Crippen molar-refractivity contribution in [3.8, 4) is 5.75 Å². The number of aryl methyl sites for hydroxylation is 1. The van der Waals surface area contributed by atoms with Crippen LogP contribution < -0.4 is 15.4 Å². The maximum Gasteiger partial charge on any atom is 0.407 e. The third-order valence-corrected chi connectivity index (χ3v) is 3.87. The average molecular weight is 320 g/mol. The monoisotopic (exact) mass is 320 g/mol. The Morgan fingerprint density at radius 1 is 1.26 bits per heavy atom. The zero-order valence-electron chi connectivity index (χ0n) is 14.6. The average Bonchev–Trinajstić information content (AvgIpc) is 2.49. The molecule has 1 unspecified atom stereocenters. The normalized spacial score (nSPS) is 17.3. The van der Waals surface area contributed by atoms with Crippen molar-refractivity contribution in [2.24, 2.45) is 0 Å². The van der Waals surface area contributed by atoms with Gasteiger partial charge in [0.05, 0.1) is 7.11 Å². The first kappa shape index (κ1) is 17.6. The van der Waals surface area contributed by atoms with E-state index in [1.165, 1.54) is 11.1 Å². The summed E-state index contributed by atoms with van der Waals surface area (Å²) in [4.78, 5) is 11.6. The molecule has 0 aromatic heterocycles. The summed E-state index contributed by atoms with van der Waals surface area (Å²) in [5, 5.41) is 6.28. The van der Waals surface area contributed by atoms with Crippen molar-refractivity contribution in [1.82, 2.24) is 10.6 Å². The number of nitrogens with one attached hydrogen (secondary N) is 2. The molecule has 0 spiro atoms. The number of rotatable bonds is 5. The lowest BCUT2D eigenvalue weighted by molar-refractivity contribution is 0.0528. The van der Waals surface area contributed by atoms with E-state index >= 15 is 0 Å². The Labute approximate surface area is 138 Å². The van der Waals surface area contributed by atoms with Crippen LogP contribution >= 0.6 is 0 Å². The minimum atomic E-state index is -0.455. The Hall–Kier alpha value is -1.75. The molecule has 0 fully saturated rings. The molecular weight excluding hydrogens is 292 g/mol. The lowest BCUT2D eigenvalue weighted by Gasteiger charge is -2.26. The summed E-state index contributed by atoms with van der Waals surface area (Å²) in [6.07, 6.45) is 2.83. The van der Waals surface area contributed by atoms with Crippen molar-refractivity contribution in [2.45, 2.75) is 51.7 Å². The maximum atomic E-state index is 11.6. The number of hydrogen-bond donors (Lipinski definition) is 2.